The summed E-state index contributed by atoms with van der Waals surface area (Å²) < 4.78 is 23.9. The first-order chi connectivity index (χ1) is 9.90. The summed E-state index contributed by atoms with van der Waals surface area (Å²) in [4.78, 5) is 12.7. The van der Waals surface area contributed by atoms with Crippen molar-refractivity contribution < 1.29 is 13.3 Å². The van der Waals surface area contributed by atoms with Crippen LogP contribution in [-0.2, 0) is 10.0 Å². The standard InChI is InChI=1S/C12H11N3O4S2/c1-9-6-7-20-12(9)8-13-14-21(18,19)11-4-2-10(3-5-11)15(16)17/h2-8,14H,1H3/b13-8-. The van der Waals surface area contributed by atoms with Crippen LogP contribution < -0.4 is 4.83 Å². The topological polar surface area (TPSA) is 102 Å². The molecule has 0 aliphatic heterocycles. The molecule has 1 N–H and O–H groups in total. The molecule has 9 heteroatoms. The number of nitrogens with zero attached hydrogens (tertiary/aromatic N) is 2. The monoisotopic (exact) mass is 325 g/mol. The number of hydrogen-bond donors (Lipinski definition) is 1. The van der Waals surface area contributed by atoms with Crippen molar-refractivity contribution in [1.82, 2.24) is 4.83 Å². The van der Waals surface area contributed by atoms with Crippen LogP contribution >= 0.6 is 11.3 Å². The van der Waals surface area contributed by atoms with E-state index in [1.807, 2.05) is 18.4 Å². The Morgan fingerprint density at radius 2 is 1.95 bits per heavy atom. The van der Waals surface area contributed by atoms with E-state index in [9.17, 15) is 18.5 Å². The molecule has 0 amide bonds. The van der Waals surface area contributed by atoms with Gasteiger partial charge in [-0.05, 0) is 36.1 Å². The van der Waals surface area contributed by atoms with Crippen LogP contribution in [0.15, 0.2) is 45.7 Å². The van der Waals surface area contributed by atoms with Crippen molar-refractivity contribution >= 4 is 33.3 Å². The molecule has 0 spiro atoms. The van der Waals surface area contributed by atoms with Crippen molar-refractivity contribution in [2.75, 3.05) is 0 Å². The van der Waals surface area contributed by atoms with E-state index in [1.165, 1.54) is 17.6 Å². The van der Waals surface area contributed by atoms with E-state index in [1.54, 1.807) is 0 Å². The van der Waals surface area contributed by atoms with Gasteiger partial charge in [-0.3, -0.25) is 10.1 Å². The van der Waals surface area contributed by atoms with Gasteiger partial charge in [0.25, 0.3) is 15.7 Å². The van der Waals surface area contributed by atoms with E-state index in [-0.39, 0.29) is 10.6 Å². The predicted molar refractivity (Wildman–Crippen MR) is 80.1 cm³/mol. The molecule has 7 nitrogen and oxygen atoms in total. The normalized spacial score (nSPS) is 11.7. The van der Waals surface area contributed by atoms with Crippen molar-refractivity contribution in [2.24, 2.45) is 5.10 Å². The average molecular weight is 325 g/mol. The van der Waals surface area contributed by atoms with Crippen LogP contribution in [0.3, 0.4) is 0 Å². The Labute approximate surface area is 125 Å². The molecular weight excluding hydrogens is 314 g/mol. The zero-order valence-corrected chi connectivity index (χ0v) is 12.5. The molecule has 0 saturated carbocycles. The molecule has 0 unspecified atom stereocenters. The fourth-order valence-electron chi connectivity index (χ4n) is 1.47. The van der Waals surface area contributed by atoms with Crippen molar-refractivity contribution in [3.8, 4) is 0 Å². The van der Waals surface area contributed by atoms with Crippen LogP contribution in [0.4, 0.5) is 5.69 Å². The highest BCUT2D eigenvalue weighted by atomic mass is 32.2. The molecule has 1 aromatic heterocycles. The van der Waals surface area contributed by atoms with E-state index in [0.29, 0.717) is 0 Å². The molecule has 2 rings (SSSR count). The van der Waals surface area contributed by atoms with Gasteiger partial charge in [0, 0.05) is 12.1 Å². The molecular formula is C12H11N3O4S2. The number of non-ortho nitro benzene ring substituents is 1. The number of thiophene rings is 1. The Kier molecular flexibility index (Phi) is 4.34. The first-order valence-corrected chi connectivity index (χ1v) is 8.10. The third-order valence-electron chi connectivity index (χ3n) is 2.61. The highest BCUT2D eigenvalue weighted by molar-refractivity contribution is 7.89. The second-order valence-electron chi connectivity index (χ2n) is 4.07. The maximum atomic E-state index is 11.9. The number of hydrazone groups is 1. The Morgan fingerprint density at radius 3 is 2.48 bits per heavy atom. The lowest BCUT2D eigenvalue weighted by Gasteiger charge is -2.02. The second kappa shape index (κ2) is 6.02. The Morgan fingerprint density at radius 1 is 1.29 bits per heavy atom. The quantitative estimate of drug-likeness (QED) is 0.517. The minimum Gasteiger partial charge on any atom is -0.258 e. The summed E-state index contributed by atoms with van der Waals surface area (Å²) in [6.07, 6.45) is 1.42. The molecule has 110 valence electrons. The maximum Gasteiger partial charge on any atom is 0.276 e. The van der Waals surface area contributed by atoms with Crippen molar-refractivity contribution in [1.29, 1.82) is 0 Å². The van der Waals surface area contributed by atoms with Gasteiger partial charge in [-0.1, -0.05) is 0 Å². The van der Waals surface area contributed by atoms with Crippen LogP contribution in [0, 0.1) is 17.0 Å². The number of aryl methyl sites for hydroxylation is 1. The van der Waals surface area contributed by atoms with Gasteiger partial charge in [0.2, 0.25) is 0 Å². The largest absolute Gasteiger partial charge is 0.276 e. The van der Waals surface area contributed by atoms with Gasteiger partial charge in [0.1, 0.15) is 0 Å². The third-order valence-corrected chi connectivity index (χ3v) is 4.81. The lowest BCUT2D eigenvalue weighted by molar-refractivity contribution is -0.384. The summed E-state index contributed by atoms with van der Waals surface area (Å²) in [6, 6.07) is 6.47. The first kappa shape index (κ1) is 15.1. The van der Waals surface area contributed by atoms with Crippen LogP contribution in [0.5, 0.6) is 0 Å². The highest BCUT2D eigenvalue weighted by Crippen LogP contribution is 2.16. The lowest BCUT2D eigenvalue weighted by atomic mass is 10.3. The van der Waals surface area contributed by atoms with Crippen LogP contribution in [0.2, 0.25) is 0 Å². The summed E-state index contributed by atoms with van der Waals surface area (Å²) in [5.41, 5.74) is 0.824. The molecule has 1 heterocycles. The van der Waals surface area contributed by atoms with E-state index in [0.717, 1.165) is 34.7 Å². The summed E-state index contributed by atoms with van der Waals surface area (Å²) in [6.45, 7) is 1.89. The second-order valence-corrected chi connectivity index (χ2v) is 6.68. The van der Waals surface area contributed by atoms with Gasteiger partial charge >= 0.3 is 0 Å². The van der Waals surface area contributed by atoms with Crippen LogP contribution in [0.25, 0.3) is 0 Å². The van der Waals surface area contributed by atoms with Gasteiger partial charge in [0.15, 0.2) is 0 Å². The molecule has 0 fully saturated rings. The molecule has 0 saturated heterocycles. The highest BCUT2D eigenvalue weighted by Gasteiger charge is 2.14. The molecule has 0 radical (unpaired) electrons. The fourth-order valence-corrected chi connectivity index (χ4v) is 3.05. The fraction of sp³-hybridized carbons (Fsp3) is 0.0833. The molecule has 2 aromatic rings. The van der Waals surface area contributed by atoms with Crippen molar-refractivity contribution in [3.05, 3.63) is 56.3 Å². The minimum atomic E-state index is -3.83. The Bertz CT molecular complexity index is 779. The van der Waals surface area contributed by atoms with Gasteiger partial charge in [0.05, 0.1) is 20.9 Å². The zero-order chi connectivity index (χ0) is 15.5. The lowest BCUT2D eigenvalue weighted by Crippen LogP contribution is -2.18. The minimum absolute atomic E-state index is 0.0897. The Balaban J connectivity index is 2.13. The van der Waals surface area contributed by atoms with E-state index >= 15 is 0 Å². The zero-order valence-electron chi connectivity index (χ0n) is 10.9. The van der Waals surface area contributed by atoms with Gasteiger partial charge < -0.3 is 0 Å². The van der Waals surface area contributed by atoms with Gasteiger partial charge in [-0.15, -0.1) is 11.3 Å². The van der Waals surface area contributed by atoms with E-state index < -0.39 is 14.9 Å². The van der Waals surface area contributed by atoms with E-state index in [2.05, 4.69) is 9.93 Å². The average Bonchev–Trinajstić information content (AvgIpc) is 2.84. The summed E-state index contributed by atoms with van der Waals surface area (Å²) >= 11 is 1.44. The first-order valence-electron chi connectivity index (χ1n) is 5.73. The SMILES string of the molecule is Cc1ccsc1/C=N\NS(=O)(=O)c1ccc([N+](=O)[O-])cc1. The summed E-state index contributed by atoms with van der Waals surface area (Å²) in [5.74, 6) is 0. The molecule has 0 bridgehead atoms. The number of nitrogens with one attached hydrogen (secondary N) is 1. The number of hydrogen-bond acceptors (Lipinski definition) is 6. The number of sulfonamides is 1. The third kappa shape index (κ3) is 3.64. The molecule has 0 atom stereocenters. The number of nitro groups is 1. The summed E-state index contributed by atoms with van der Waals surface area (Å²) in [7, 11) is -3.83. The predicted octanol–water partition coefficient (Wildman–Crippen LogP) is 2.28. The molecule has 0 aliphatic rings. The van der Waals surface area contributed by atoms with Gasteiger partial charge in [-0.25, -0.2) is 4.83 Å². The Hall–Kier alpha value is -2.26. The molecule has 21 heavy (non-hydrogen) atoms. The molecule has 0 aliphatic carbocycles. The smallest absolute Gasteiger partial charge is 0.258 e. The molecule has 1 aromatic carbocycles. The summed E-state index contributed by atoms with van der Waals surface area (Å²) in [5, 5.41) is 16.1. The number of rotatable bonds is 5. The number of benzene rings is 1. The van der Waals surface area contributed by atoms with Crippen LogP contribution in [0.1, 0.15) is 10.4 Å². The van der Waals surface area contributed by atoms with E-state index in [4.69, 9.17) is 0 Å². The van der Waals surface area contributed by atoms with Crippen molar-refractivity contribution in [2.45, 2.75) is 11.8 Å². The van der Waals surface area contributed by atoms with Crippen molar-refractivity contribution in [3.63, 3.8) is 0 Å². The number of nitro benzene ring substituents is 1. The van der Waals surface area contributed by atoms with Gasteiger partial charge in [-0.2, -0.15) is 13.5 Å². The maximum absolute atomic E-state index is 11.9. The van der Waals surface area contributed by atoms with Crippen LogP contribution in [-0.4, -0.2) is 19.6 Å².